The summed E-state index contributed by atoms with van der Waals surface area (Å²) in [6.45, 7) is 4.94. The molecule has 5 nitrogen and oxygen atoms in total. The predicted octanol–water partition coefficient (Wildman–Crippen LogP) is 1.64. The van der Waals surface area contributed by atoms with Gasteiger partial charge >= 0.3 is 0 Å². The van der Waals surface area contributed by atoms with Gasteiger partial charge in [-0.1, -0.05) is 6.92 Å². The van der Waals surface area contributed by atoms with Crippen molar-refractivity contribution in [1.82, 2.24) is 24.9 Å². The van der Waals surface area contributed by atoms with Gasteiger partial charge in [0.25, 0.3) is 0 Å². The SMILES string of the molecule is CCC(NC)c1cnn(Cc2cc(C)nn2C)c1. The Morgan fingerprint density at radius 1 is 1.44 bits per heavy atom. The lowest BCUT2D eigenvalue weighted by atomic mass is 10.1. The normalized spacial score (nSPS) is 12.9. The molecule has 0 aliphatic heterocycles. The fourth-order valence-electron chi connectivity index (χ4n) is 2.23. The van der Waals surface area contributed by atoms with E-state index in [1.165, 1.54) is 11.3 Å². The molecule has 2 aromatic heterocycles. The molecule has 0 bridgehead atoms. The van der Waals surface area contributed by atoms with E-state index in [1.54, 1.807) is 0 Å². The zero-order chi connectivity index (χ0) is 13.1. The summed E-state index contributed by atoms with van der Waals surface area (Å²) in [5, 5.41) is 12.0. The highest BCUT2D eigenvalue weighted by Crippen LogP contribution is 2.15. The van der Waals surface area contributed by atoms with E-state index >= 15 is 0 Å². The number of hydrogen-bond donors (Lipinski definition) is 1. The molecule has 0 saturated carbocycles. The van der Waals surface area contributed by atoms with Crippen LogP contribution in [-0.4, -0.2) is 26.6 Å². The monoisotopic (exact) mass is 247 g/mol. The van der Waals surface area contributed by atoms with Gasteiger partial charge in [-0.3, -0.25) is 9.36 Å². The molecule has 0 aliphatic carbocycles. The second-order valence-electron chi connectivity index (χ2n) is 4.62. The van der Waals surface area contributed by atoms with Crippen molar-refractivity contribution in [1.29, 1.82) is 0 Å². The maximum absolute atomic E-state index is 4.41. The van der Waals surface area contributed by atoms with Crippen molar-refractivity contribution >= 4 is 0 Å². The van der Waals surface area contributed by atoms with Gasteiger partial charge in [-0.15, -0.1) is 0 Å². The van der Waals surface area contributed by atoms with Crippen LogP contribution in [0.1, 0.15) is 36.3 Å². The fraction of sp³-hybridized carbons (Fsp3) is 0.538. The zero-order valence-electron chi connectivity index (χ0n) is 11.5. The van der Waals surface area contributed by atoms with Crippen molar-refractivity contribution in [2.24, 2.45) is 7.05 Å². The Bertz CT molecular complexity index is 507. The highest BCUT2D eigenvalue weighted by atomic mass is 15.3. The molecule has 1 N–H and O–H groups in total. The van der Waals surface area contributed by atoms with Crippen LogP contribution in [-0.2, 0) is 13.6 Å². The van der Waals surface area contributed by atoms with Gasteiger partial charge in [0.05, 0.1) is 24.1 Å². The Balaban J connectivity index is 2.13. The highest BCUT2D eigenvalue weighted by molar-refractivity contribution is 5.13. The number of aryl methyl sites for hydroxylation is 2. The van der Waals surface area contributed by atoms with E-state index in [9.17, 15) is 0 Å². The maximum atomic E-state index is 4.41. The first-order valence-electron chi connectivity index (χ1n) is 6.33. The van der Waals surface area contributed by atoms with Crippen molar-refractivity contribution in [2.45, 2.75) is 32.9 Å². The Hall–Kier alpha value is -1.62. The Kier molecular flexibility index (Phi) is 3.81. The molecule has 18 heavy (non-hydrogen) atoms. The van der Waals surface area contributed by atoms with Crippen molar-refractivity contribution < 1.29 is 0 Å². The third kappa shape index (κ3) is 2.61. The summed E-state index contributed by atoms with van der Waals surface area (Å²) in [6, 6.07) is 2.48. The number of nitrogens with zero attached hydrogens (tertiary/aromatic N) is 4. The topological polar surface area (TPSA) is 47.7 Å². The van der Waals surface area contributed by atoms with E-state index in [0.29, 0.717) is 6.04 Å². The number of hydrogen-bond acceptors (Lipinski definition) is 3. The smallest absolute Gasteiger partial charge is 0.0828 e. The minimum absolute atomic E-state index is 0.382. The van der Waals surface area contributed by atoms with Crippen molar-refractivity contribution in [3.8, 4) is 0 Å². The number of aromatic nitrogens is 4. The molecule has 2 heterocycles. The van der Waals surface area contributed by atoms with Crippen molar-refractivity contribution in [3.63, 3.8) is 0 Å². The summed E-state index contributed by atoms with van der Waals surface area (Å²) in [4.78, 5) is 0. The quantitative estimate of drug-likeness (QED) is 0.874. The molecule has 0 aliphatic rings. The number of rotatable bonds is 5. The molecular formula is C13H21N5. The molecule has 0 aromatic carbocycles. The summed E-state index contributed by atoms with van der Waals surface area (Å²) in [7, 11) is 3.95. The van der Waals surface area contributed by atoms with Gasteiger partial charge in [0.15, 0.2) is 0 Å². The maximum Gasteiger partial charge on any atom is 0.0828 e. The van der Waals surface area contributed by atoms with Crippen molar-refractivity contribution in [3.05, 3.63) is 35.4 Å². The van der Waals surface area contributed by atoms with Gasteiger partial charge in [-0.2, -0.15) is 10.2 Å². The largest absolute Gasteiger partial charge is 0.313 e. The van der Waals surface area contributed by atoms with E-state index in [4.69, 9.17) is 0 Å². The van der Waals surface area contributed by atoms with Gasteiger partial charge in [0.1, 0.15) is 0 Å². The van der Waals surface area contributed by atoms with E-state index in [-0.39, 0.29) is 0 Å². The molecule has 0 radical (unpaired) electrons. The summed E-state index contributed by atoms with van der Waals surface area (Å²) >= 11 is 0. The molecule has 2 rings (SSSR count). The molecular weight excluding hydrogens is 226 g/mol. The molecule has 2 aromatic rings. The second kappa shape index (κ2) is 5.35. The third-order valence-corrected chi connectivity index (χ3v) is 3.24. The summed E-state index contributed by atoms with van der Waals surface area (Å²) in [5.74, 6) is 0. The Labute approximate surface area is 108 Å². The third-order valence-electron chi connectivity index (χ3n) is 3.24. The van der Waals surface area contributed by atoms with Crippen LogP contribution in [0, 0.1) is 6.92 Å². The predicted molar refractivity (Wildman–Crippen MR) is 71.4 cm³/mol. The molecule has 0 amide bonds. The van der Waals surface area contributed by atoms with Crippen LogP contribution in [0.2, 0.25) is 0 Å². The number of nitrogens with one attached hydrogen (secondary N) is 1. The minimum atomic E-state index is 0.382. The average Bonchev–Trinajstić information content (AvgIpc) is 2.89. The molecule has 0 spiro atoms. The Morgan fingerprint density at radius 2 is 2.22 bits per heavy atom. The van der Waals surface area contributed by atoms with Crippen LogP contribution in [0.5, 0.6) is 0 Å². The molecule has 1 atom stereocenters. The standard InChI is InChI=1S/C13H21N5/c1-5-13(14-3)11-7-15-18(8-11)9-12-6-10(2)16-17(12)4/h6-8,13-14H,5,9H2,1-4H3. The van der Waals surface area contributed by atoms with Crippen LogP contribution in [0.4, 0.5) is 0 Å². The summed E-state index contributed by atoms with van der Waals surface area (Å²) in [6.07, 6.45) is 5.11. The first kappa shape index (κ1) is 12.8. The van der Waals surface area contributed by atoms with Gasteiger partial charge < -0.3 is 5.32 Å². The van der Waals surface area contributed by atoms with Crippen LogP contribution < -0.4 is 5.32 Å². The molecule has 1 unspecified atom stereocenters. The van der Waals surface area contributed by atoms with E-state index < -0.39 is 0 Å². The molecule has 98 valence electrons. The van der Waals surface area contributed by atoms with Crippen LogP contribution in [0.15, 0.2) is 18.5 Å². The lowest BCUT2D eigenvalue weighted by Crippen LogP contribution is -2.14. The van der Waals surface area contributed by atoms with Crippen LogP contribution >= 0.6 is 0 Å². The Morgan fingerprint density at radius 3 is 2.78 bits per heavy atom. The first-order valence-corrected chi connectivity index (χ1v) is 6.33. The summed E-state index contributed by atoms with van der Waals surface area (Å²) < 4.78 is 3.87. The van der Waals surface area contributed by atoms with E-state index in [0.717, 1.165) is 18.7 Å². The van der Waals surface area contributed by atoms with E-state index in [1.807, 2.05) is 36.6 Å². The average molecular weight is 247 g/mol. The van der Waals surface area contributed by atoms with Gasteiger partial charge in [-0.25, -0.2) is 0 Å². The van der Waals surface area contributed by atoms with Crippen LogP contribution in [0.3, 0.4) is 0 Å². The lowest BCUT2D eigenvalue weighted by molar-refractivity contribution is 0.574. The molecule has 0 saturated heterocycles. The first-order chi connectivity index (χ1) is 8.63. The van der Waals surface area contributed by atoms with Crippen LogP contribution in [0.25, 0.3) is 0 Å². The second-order valence-corrected chi connectivity index (χ2v) is 4.62. The lowest BCUT2D eigenvalue weighted by Gasteiger charge is -2.10. The molecule has 5 heteroatoms. The van der Waals surface area contributed by atoms with Gasteiger partial charge in [0, 0.05) is 24.8 Å². The van der Waals surface area contributed by atoms with Gasteiger partial charge in [-0.05, 0) is 26.5 Å². The van der Waals surface area contributed by atoms with Gasteiger partial charge in [0.2, 0.25) is 0 Å². The van der Waals surface area contributed by atoms with E-state index in [2.05, 4.69) is 34.7 Å². The highest BCUT2D eigenvalue weighted by Gasteiger charge is 2.10. The minimum Gasteiger partial charge on any atom is -0.313 e. The van der Waals surface area contributed by atoms with Crippen molar-refractivity contribution in [2.75, 3.05) is 7.05 Å². The summed E-state index contributed by atoms with van der Waals surface area (Å²) in [5.41, 5.74) is 3.44. The fourth-order valence-corrected chi connectivity index (χ4v) is 2.23. The zero-order valence-corrected chi connectivity index (χ0v) is 11.5. The molecule has 0 fully saturated rings.